The fourth-order valence-electron chi connectivity index (χ4n) is 2.41. The quantitative estimate of drug-likeness (QED) is 0.716. The summed E-state index contributed by atoms with van der Waals surface area (Å²) in [7, 11) is 0. The van der Waals surface area contributed by atoms with Crippen LogP contribution in [0.1, 0.15) is 30.4 Å². The molecule has 1 aliphatic rings. The first-order valence-corrected chi connectivity index (χ1v) is 5.54. The van der Waals surface area contributed by atoms with E-state index in [4.69, 9.17) is 0 Å². The summed E-state index contributed by atoms with van der Waals surface area (Å²) in [6.07, 6.45) is 1.28. The summed E-state index contributed by atoms with van der Waals surface area (Å²) in [6, 6.07) is 8.97. The third-order valence-electron chi connectivity index (χ3n) is 3.26. The molecule has 1 N–H and O–H groups in total. The van der Waals surface area contributed by atoms with Crippen molar-refractivity contribution in [2.45, 2.75) is 26.2 Å². The van der Waals surface area contributed by atoms with E-state index in [-0.39, 0.29) is 0 Å². The Morgan fingerprint density at radius 1 is 1.36 bits per heavy atom. The number of benzene rings is 1. The Morgan fingerprint density at radius 3 is 2.93 bits per heavy atom. The molecule has 76 valence electrons. The van der Waals surface area contributed by atoms with Gasteiger partial charge in [0, 0.05) is 0 Å². The minimum absolute atomic E-state index is 0.760. The number of hydrogen-bond acceptors (Lipinski definition) is 1. The lowest BCUT2D eigenvalue weighted by Crippen LogP contribution is -2.33. The summed E-state index contributed by atoms with van der Waals surface area (Å²) in [5.41, 5.74) is 2.91. The molecule has 2 unspecified atom stereocenters. The van der Waals surface area contributed by atoms with Crippen molar-refractivity contribution in [3.05, 3.63) is 35.4 Å². The molecule has 0 spiro atoms. The molecule has 0 saturated carbocycles. The van der Waals surface area contributed by atoms with Crippen LogP contribution in [0.4, 0.5) is 0 Å². The van der Waals surface area contributed by atoms with Crippen molar-refractivity contribution in [3.63, 3.8) is 0 Å². The molecule has 1 saturated heterocycles. The summed E-state index contributed by atoms with van der Waals surface area (Å²) >= 11 is 0. The van der Waals surface area contributed by atoms with Crippen LogP contribution in [0.2, 0.25) is 0 Å². The van der Waals surface area contributed by atoms with E-state index >= 15 is 0 Å². The SMILES string of the molecule is Cc1cccc(C2CCNCC2C)c1. The van der Waals surface area contributed by atoms with Gasteiger partial charge in [-0.1, -0.05) is 36.8 Å². The highest BCUT2D eigenvalue weighted by Gasteiger charge is 2.22. The lowest BCUT2D eigenvalue weighted by molar-refractivity contribution is 0.349. The molecule has 1 heterocycles. The molecule has 0 radical (unpaired) electrons. The van der Waals surface area contributed by atoms with E-state index < -0.39 is 0 Å². The molecule has 2 rings (SSSR count). The average Bonchev–Trinajstić information content (AvgIpc) is 2.18. The highest BCUT2D eigenvalue weighted by Crippen LogP contribution is 2.30. The van der Waals surface area contributed by atoms with Gasteiger partial charge in [-0.05, 0) is 43.8 Å². The normalized spacial score (nSPS) is 27.6. The van der Waals surface area contributed by atoms with E-state index in [9.17, 15) is 0 Å². The van der Waals surface area contributed by atoms with Gasteiger partial charge in [-0.15, -0.1) is 0 Å². The summed E-state index contributed by atoms with van der Waals surface area (Å²) in [4.78, 5) is 0. The molecule has 0 amide bonds. The van der Waals surface area contributed by atoms with Crippen LogP contribution in [0.25, 0.3) is 0 Å². The Balaban J connectivity index is 2.20. The molecule has 1 heteroatoms. The van der Waals surface area contributed by atoms with Gasteiger partial charge in [0.2, 0.25) is 0 Å². The second-order valence-corrected chi connectivity index (χ2v) is 4.49. The molecular formula is C13H19N. The Labute approximate surface area is 86.5 Å². The van der Waals surface area contributed by atoms with Crippen LogP contribution in [0.5, 0.6) is 0 Å². The zero-order chi connectivity index (χ0) is 9.97. The predicted molar refractivity (Wildman–Crippen MR) is 60.6 cm³/mol. The lowest BCUT2D eigenvalue weighted by atomic mass is 9.82. The number of rotatable bonds is 1. The van der Waals surface area contributed by atoms with Gasteiger partial charge in [0.25, 0.3) is 0 Å². The Morgan fingerprint density at radius 2 is 2.21 bits per heavy atom. The first kappa shape index (κ1) is 9.72. The number of piperidine rings is 1. The Bertz CT molecular complexity index is 306. The standard InChI is InChI=1S/C13H19N/c1-10-4-3-5-12(8-10)13-6-7-14-9-11(13)2/h3-5,8,11,13-14H,6-7,9H2,1-2H3. The maximum atomic E-state index is 3.45. The zero-order valence-corrected chi connectivity index (χ0v) is 9.09. The first-order valence-electron chi connectivity index (χ1n) is 5.54. The first-order chi connectivity index (χ1) is 6.77. The molecule has 1 aliphatic heterocycles. The van der Waals surface area contributed by atoms with Crippen LogP contribution in [-0.2, 0) is 0 Å². The van der Waals surface area contributed by atoms with Crippen LogP contribution >= 0.6 is 0 Å². The average molecular weight is 189 g/mol. The Kier molecular flexibility index (Phi) is 2.87. The summed E-state index contributed by atoms with van der Waals surface area (Å²) in [6.45, 7) is 6.86. The van der Waals surface area contributed by atoms with Crippen LogP contribution in [-0.4, -0.2) is 13.1 Å². The van der Waals surface area contributed by atoms with Gasteiger partial charge in [-0.2, -0.15) is 0 Å². The van der Waals surface area contributed by atoms with Gasteiger partial charge in [-0.3, -0.25) is 0 Å². The van der Waals surface area contributed by atoms with Crippen molar-refractivity contribution in [1.82, 2.24) is 5.32 Å². The van der Waals surface area contributed by atoms with E-state index in [1.807, 2.05) is 0 Å². The van der Waals surface area contributed by atoms with Gasteiger partial charge >= 0.3 is 0 Å². The van der Waals surface area contributed by atoms with Crippen LogP contribution in [0.3, 0.4) is 0 Å². The maximum absolute atomic E-state index is 3.45. The van der Waals surface area contributed by atoms with Crippen LogP contribution in [0.15, 0.2) is 24.3 Å². The molecule has 0 aliphatic carbocycles. The largest absolute Gasteiger partial charge is 0.316 e. The lowest BCUT2D eigenvalue weighted by Gasteiger charge is -2.30. The minimum Gasteiger partial charge on any atom is -0.316 e. The molecule has 0 bridgehead atoms. The van der Waals surface area contributed by atoms with Crippen LogP contribution < -0.4 is 5.32 Å². The zero-order valence-electron chi connectivity index (χ0n) is 9.09. The highest BCUT2D eigenvalue weighted by atomic mass is 14.9. The summed E-state index contributed by atoms with van der Waals surface area (Å²) < 4.78 is 0. The third-order valence-corrected chi connectivity index (χ3v) is 3.26. The van der Waals surface area contributed by atoms with Crippen molar-refractivity contribution < 1.29 is 0 Å². The molecule has 1 aromatic rings. The fraction of sp³-hybridized carbons (Fsp3) is 0.538. The van der Waals surface area contributed by atoms with E-state index in [1.165, 1.54) is 30.6 Å². The second-order valence-electron chi connectivity index (χ2n) is 4.49. The molecule has 1 aromatic carbocycles. The smallest absolute Gasteiger partial charge is 0.00173 e. The van der Waals surface area contributed by atoms with Crippen molar-refractivity contribution in [3.8, 4) is 0 Å². The van der Waals surface area contributed by atoms with Crippen molar-refractivity contribution >= 4 is 0 Å². The number of aryl methyl sites for hydroxylation is 1. The van der Waals surface area contributed by atoms with Gasteiger partial charge < -0.3 is 5.32 Å². The number of nitrogens with one attached hydrogen (secondary N) is 1. The molecule has 0 aromatic heterocycles. The topological polar surface area (TPSA) is 12.0 Å². The Hall–Kier alpha value is -0.820. The van der Waals surface area contributed by atoms with Crippen molar-refractivity contribution in [1.29, 1.82) is 0 Å². The van der Waals surface area contributed by atoms with Gasteiger partial charge in [-0.25, -0.2) is 0 Å². The number of hydrogen-bond donors (Lipinski definition) is 1. The third kappa shape index (κ3) is 1.98. The molecule has 1 nitrogen and oxygen atoms in total. The monoisotopic (exact) mass is 189 g/mol. The molecule has 1 fully saturated rings. The fourth-order valence-corrected chi connectivity index (χ4v) is 2.41. The summed E-state index contributed by atoms with van der Waals surface area (Å²) in [5.74, 6) is 1.53. The minimum atomic E-state index is 0.760. The molecular weight excluding hydrogens is 170 g/mol. The summed E-state index contributed by atoms with van der Waals surface area (Å²) in [5, 5.41) is 3.45. The van der Waals surface area contributed by atoms with E-state index in [0.29, 0.717) is 0 Å². The van der Waals surface area contributed by atoms with Gasteiger partial charge in [0.05, 0.1) is 0 Å². The second kappa shape index (κ2) is 4.14. The van der Waals surface area contributed by atoms with Crippen molar-refractivity contribution in [2.75, 3.05) is 13.1 Å². The van der Waals surface area contributed by atoms with E-state index in [1.54, 1.807) is 0 Å². The maximum Gasteiger partial charge on any atom is -0.00173 e. The van der Waals surface area contributed by atoms with E-state index in [2.05, 4.69) is 43.4 Å². The van der Waals surface area contributed by atoms with Crippen LogP contribution in [0, 0.1) is 12.8 Å². The predicted octanol–water partition coefficient (Wildman–Crippen LogP) is 2.71. The van der Waals surface area contributed by atoms with Crippen molar-refractivity contribution in [2.24, 2.45) is 5.92 Å². The molecule has 2 atom stereocenters. The van der Waals surface area contributed by atoms with E-state index in [0.717, 1.165) is 11.8 Å². The molecule has 14 heavy (non-hydrogen) atoms. The van der Waals surface area contributed by atoms with Gasteiger partial charge in [0.1, 0.15) is 0 Å². The van der Waals surface area contributed by atoms with Gasteiger partial charge in [0.15, 0.2) is 0 Å². The highest BCUT2D eigenvalue weighted by molar-refractivity contribution is 5.26.